The molecule has 0 radical (unpaired) electrons. The van der Waals surface area contributed by atoms with Crippen LogP contribution in [0.5, 0.6) is 0 Å². The molecule has 10 heteroatoms. The zero-order chi connectivity index (χ0) is 24.8. The van der Waals surface area contributed by atoms with Crippen molar-refractivity contribution in [1.82, 2.24) is 0 Å². The van der Waals surface area contributed by atoms with Crippen LogP contribution in [-0.2, 0) is 33.3 Å². The van der Waals surface area contributed by atoms with E-state index in [1.807, 2.05) is 0 Å². The molecule has 0 aromatic heterocycles. The second-order valence-electron chi connectivity index (χ2n) is 12.1. The molecule has 8 atom stereocenters. The molecule has 7 fully saturated rings. The summed E-state index contributed by atoms with van der Waals surface area (Å²) in [6, 6.07) is 0. The fraction of sp³-hybridized carbons (Fsp3) is 0.880. The number of halogens is 2. The number of alkyl halides is 2. The average molecular weight is 499 g/mol. The Bertz CT molecular complexity index is 917. The van der Waals surface area contributed by atoms with Crippen molar-refractivity contribution in [3.8, 4) is 0 Å². The first-order valence-corrected chi connectivity index (χ1v) is 12.7. The first-order chi connectivity index (χ1) is 16.5. The molecule has 0 aromatic rings. The Kier molecular flexibility index (Phi) is 5.28. The summed E-state index contributed by atoms with van der Waals surface area (Å²) in [7, 11) is 0. The topological polar surface area (TPSA) is 108 Å². The molecule has 0 amide bonds. The monoisotopic (exact) mass is 498 g/mol. The third-order valence-electron chi connectivity index (χ3n) is 9.57. The lowest BCUT2D eigenvalue weighted by atomic mass is 9.48. The van der Waals surface area contributed by atoms with Gasteiger partial charge in [0.1, 0.15) is 12.2 Å². The van der Waals surface area contributed by atoms with E-state index in [4.69, 9.17) is 18.9 Å². The van der Waals surface area contributed by atoms with Crippen LogP contribution in [0.4, 0.5) is 8.78 Å². The number of aliphatic hydroxyl groups excluding tert-OH is 1. The first-order valence-electron chi connectivity index (χ1n) is 12.7. The molecule has 35 heavy (non-hydrogen) atoms. The van der Waals surface area contributed by atoms with E-state index < -0.39 is 53.8 Å². The van der Waals surface area contributed by atoms with Gasteiger partial charge in [0.2, 0.25) is 0 Å². The van der Waals surface area contributed by atoms with E-state index in [0.717, 1.165) is 38.5 Å². The summed E-state index contributed by atoms with van der Waals surface area (Å²) in [6.07, 6.45) is 4.34. The van der Waals surface area contributed by atoms with Crippen LogP contribution in [0.15, 0.2) is 0 Å². The van der Waals surface area contributed by atoms with Gasteiger partial charge in [-0.2, -0.15) is 8.78 Å². The van der Waals surface area contributed by atoms with Crippen molar-refractivity contribution in [2.24, 2.45) is 40.9 Å². The Hall–Kier alpha value is -1.81. The van der Waals surface area contributed by atoms with Gasteiger partial charge >= 0.3 is 23.8 Å². The second kappa shape index (κ2) is 7.84. The normalized spacial score (nSPS) is 46.7. The van der Waals surface area contributed by atoms with E-state index in [1.54, 1.807) is 0 Å². The lowest BCUT2D eigenvalue weighted by molar-refractivity contribution is -0.211. The van der Waals surface area contributed by atoms with Gasteiger partial charge in [-0.15, -0.1) is 0 Å². The fourth-order valence-corrected chi connectivity index (χ4v) is 8.98. The maximum absolute atomic E-state index is 13.5. The Balaban J connectivity index is 1.16. The van der Waals surface area contributed by atoms with Gasteiger partial charge in [-0.1, -0.05) is 0 Å². The van der Waals surface area contributed by atoms with Gasteiger partial charge in [-0.3, -0.25) is 9.59 Å². The number of rotatable bonds is 8. The Morgan fingerprint density at radius 2 is 1.86 bits per heavy atom. The Morgan fingerprint density at radius 1 is 1.14 bits per heavy atom. The van der Waals surface area contributed by atoms with Crippen LogP contribution < -0.4 is 0 Å². The van der Waals surface area contributed by atoms with E-state index in [0.29, 0.717) is 31.8 Å². The average Bonchev–Trinajstić information content (AvgIpc) is 3.38. The number of fused-ring (bicyclic) bond motifs is 1. The number of carbonyl (C=O) groups excluding carboxylic acids is 3. The van der Waals surface area contributed by atoms with Gasteiger partial charge < -0.3 is 24.1 Å². The fourth-order valence-electron chi connectivity index (χ4n) is 8.98. The number of ether oxygens (including phenoxy) is 4. The van der Waals surface area contributed by atoms with Crippen LogP contribution in [0.1, 0.15) is 51.9 Å². The van der Waals surface area contributed by atoms with Crippen molar-refractivity contribution in [2.75, 3.05) is 19.8 Å². The summed E-state index contributed by atoms with van der Waals surface area (Å²) in [4.78, 5) is 37.8. The predicted molar refractivity (Wildman–Crippen MR) is 113 cm³/mol. The molecule has 8 nitrogen and oxygen atoms in total. The van der Waals surface area contributed by atoms with Crippen LogP contribution in [0.25, 0.3) is 0 Å². The molecule has 1 aliphatic heterocycles. The number of hydrogen-bond donors (Lipinski definition) is 1. The first kappa shape index (κ1) is 23.6. The van der Waals surface area contributed by atoms with Crippen molar-refractivity contribution in [3.05, 3.63) is 0 Å². The van der Waals surface area contributed by atoms with Crippen molar-refractivity contribution in [2.45, 2.75) is 75.6 Å². The molecule has 7 aliphatic rings. The van der Waals surface area contributed by atoms with Gasteiger partial charge in [0, 0.05) is 24.2 Å². The molecule has 6 aliphatic carbocycles. The highest BCUT2D eigenvalue weighted by molar-refractivity contribution is 5.86. The highest BCUT2D eigenvalue weighted by Crippen LogP contribution is 2.63. The summed E-state index contributed by atoms with van der Waals surface area (Å²) >= 11 is 0. The van der Waals surface area contributed by atoms with Crippen LogP contribution in [0, 0.1) is 40.9 Å². The second-order valence-corrected chi connectivity index (χ2v) is 12.1. The van der Waals surface area contributed by atoms with Gasteiger partial charge in [0.05, 0.1) is 37.3 Å². The molecule has 1 heterocycles. The highest BCUT2D eigenvalue weighted by Gasteiger charge is 2.70. The SMILES string of the molecule is CC(F)(F)C(=O)OC1C2CC3C1OC(=O)C3C2C(=O)OCC12CC3CC(C1)CC(OCCO)(C3)C2. The number of hydrogen-bond acceptors (Lipinski definition) is 8. The molecule has 6 saturated carbocycles. The van der Waals surface area contributed by atoms with E-state index in [2.05, 4.69) is 0 Å². The Morgan fingerprint density at radius 3 is 2.51 bits per heavy atom. The number of aliphatic hydroxyl groups is 1. The summed E-state index contributed by atoms with van der Waals surface area (Å²) in [5.41, 5.74) is -0.472. The predicted octanol–water partition coefficient (Wildman–Crippen LogP) is 2.25. The zero-order valence-corrected chi connectivity index (χ0v) is 19.8. The zero-order valence-electron chi connectivity index (χ0n) is 19.8. The van der Waals surface area contributed by atoms with Crippen LogP contribution >= 0.6 is 0 Å². The molecular weight excluding hydrogens is 466 g/mol. The molecule has 1 saturated heterocycles. The molecule has 0 aromatic carbocycles. The molecule has 194 valence electrons. The lowest BCUT2D eigenvalue weighted by Crippen LogP contribution is -2.58. The maximum atomic E-state index is 13.5. The largest absolute Gasteiger partial charge is 0.465 e. The summed E-state index contributed by atoms with van der Waals surface area (Å²) in [6.45, 7) is 0.944. The molecule has 1 N–H and O–H groups in total. The van der Waals surface area contributed by atoms with Gasteiger partial charge in [-0.05, 0) is 56.8 Å². The minimum atomic E-state index is -3.67. The van der Waals surface area contributed by atoms with Crippen LogP contribution in [0.3, 0.4) is 0 Å². The number of carbonyl (C=O) groups is 3. The smallest absolute Gasteiger partial charge is 0.377 e. The minimum absolute atomic E-state index is 0.0303. The molecule has 7 rings (SSSR count). The molecular formula is C25H32F2O8. The number of esters is 3. The lowest BCUT2D eigenvalue weighted by Gasteiger charge is -2.61. The van der Waals surface area contributed by atoms with E-state index in [-0.39, 0.29) is 30.1 Å². The minimum Gasteiger partial charge on any atom is -0.465 e. The van der Waals surface area contributed by atoms with E-state index in [1.165, 1.54) is 0 Å². The van der Waals surface area contributed by atoms with Gasteiger partial charge in [0.25, 0.3) is 0 Å². The van der Waals surface area contributed by atoms with Crippen LogP contribution in [0.2, 0.25) is 0 Å². The van der Waals surface area contributed by atoms with Gasteiger partial charge in [-0.25, -0.2) is 4.79 Å². The standard InChI is InChI=1S/C25H32F2O8/c1-23(26,27)22(31)35-19-14-5-15-17(21(30)34-18(15)19)16(14)20(29)32-11-24-6-12-4-13(7-24)9-25(8-12,10-24)33-3-2-28/h12-19,28H,2-11H2,1H3. The summed E-state index contributed by atoms with van der Waals surface area (Å²) in [5, 5.41) is 9.27. The summed E-state index contributed by atoms with van der Waals surface area (Å²) < 4.78 is 49.4. The summed E-state index contributed by atoms with van der Waals surface area (Å²) in [5.74, 6) is -7.87. The molecule has 6 bridgehead atoms. The van der Waals surface area contributed by atoms with Crippen molar-refractivity contribution in [3.63, 3.8) is 0 Å². The van der Waals surface area contributed by atoms with Crippen molar-refractivity contribution in [1.29, 1.82) is 0 Å². The Labute approximate surface area is 202 Å². The third kappa shape index (κ3) is 3.69. The molecule has 8 unspecified atom stereocenters. The van der Waals surface area contributed by atoms with E-state index in [9.17, 15) is 28.3 Å². The van der Waals surface area contributed by atoms with Gasteiger partial charge in [0.15, 0.2) is 0 Å². The van der Waals surface area contributed by atoms with Crippen molar-refractivity contribution < 1.29 is 47.2 Å². The maximum Gasteiger partial charge on any atom is 0.377 e. The third-order valence-corrected chi connectivity index (χ3v) is 9.57. The van der Waals surface area contributed by atoms with E-state index >= 15 is 0 Å². The highest BCUT2D eigenvalue weighted by atomic mass is 19.3. The van der Waals surface area contributed by atoms with Crippen LogP contribution in [-0.4, -0.2) is 66.6 Å². The van der Waals surface area contributed by atoms with Crippen molar-refractivity contribution >= 4 is 17.9 Å². The molecule has 0 spiro atoms. The quantitative estimate of drug-likeness (QED) is 0.401.